The first-order valence-electron chi connectivity index (χ1n) is 6.66. The van der Waals surface area contributed by atoms with Gasteiger partial charge < -0.3 is 10.4 Å². The Labute approximate surface area is 121 Å². The molecule has 1 aliphatic carbocycles. The SMILES string of the molecule is CC(C)C(CO)Nc1cnn(CC2CC2)c(=O)c1Br. The molecule has 1 aliphatic rings. The number of aliphatic hydroxyl groups excluding tert-OH is 1. The summed E-state index contributed by atoms with van der Waals surface area (Å²) in [7, 11) is 0. The summed E-state index contributed by atoms with van der Waals surface area (Å²) in [5.74, 6) is 0.877. The lowest BCUT2D eigenvalue weighted by Gasteiger charge is -2.21. The van der Waals surface area contributed by atoms with Crippen molar-refractivity contribution in [2.45, 2.75) is 39.3 Å². The van der Waals surface area contributed by atoms with Gasteiger partial charge in [-0.05, 0) is 40.6 Å². The number of hydrogen-bond donors (Lipinski definition) is 2. The first kappa shape index (κ1) is 14.5. The molecule has 0 aromatic carbocycles. The Morgan fingerprint density at radius 2 is 2.26 bits per heavy atom. The van der Waals surface area contributed by atoms with E-state index >= 15 is 0 Å². The molecule has 2 rings (SSSR count). The maximum absolute atomic E-state index is 12.1. The molecular formula is C13H20BrN3O2. The number of halogens is 1. The van der Waals surface area contributed by atoms with Crippen LogP contribution in [0.25, 0.3) is 0 Å². The van der Waals surface area contributed by atoms with Crippen molar-refractivity contribution >= 4 is 21.6 Å². The zero-order valence-electron chi connectivity index (χ0n) is 11.3. The minimum atomic E-state index is -0.114. The first-order chi connectivity index (χ1) is 9.02. The number of hydrogen-bond acceptors (Lipinski definition) is 4. The lowest BCUT2D eigenvalue weighted by molar-refractivity contribution is 0.249. The summed E-state index contributed by atoms with van der Waals surface area (Å²) in [6.45, 7) is 4.76. The van der Waals surface area contributed by atoms with Gasteiger partial charge in [0.25, 0.3) is 5.56 Å². The van der Waals surface area contributed by atoms with E-state index in [9.17, 15) is 9.90 Å². The van der Waals surface area contributed by atoms with Gasteiger partial charge in [0.2, 0.25) is 0 Å². The Hall–Kier alpha value is -0.880. The Morgan fingerprint density at radius 3 is 2.79 bits per heavy atom. The van der Waals surface area contributed by atoms with E-state index < -0.39 is 0 Å². The number of nitrogens with one attached hydrogen (secondary N) is 1. The Balaban J connectivity index is 2.17. The quantitative estimate of drug-likeness (QED) is 0.835. The molecule has 0 spiro atoms. The molecule has 0 bridgehead atoms. The van der Waals surface area contributed by atoms with E-state index in [1.807, 2.05) is 13.8 Å². The van der Waals surface area contributed by atoms with Gasteiger partial charge in [0.05, 0.1) is 24.5 Å². The summed E-state index contributed by atoms with van der Waals surface area (Å²) in [5.41, 5.74) is 0.530. The molecule has 5 nitrogen and oxygen atoms in total. The van der Waals surface area contributed by atoms with Gasteiger partial charge in [0, 0.05) is 6.54 Å². The fraction of sp³-hybridized carbons (Fsp3) is 0.692. The molecule has 1 aromatic heterocycles. The second-order valence-electron chi connectivity index (χ2n) is 5.48. The van der Waals surface area contributed by atoms with Gasteiger partial charge in [0.1, 0.15) is 4.47 Å². The minimum Gasteiger partial charge on any atom is -0.394 e. The molecule has 1 saturated carbocycles. The van der Waals surface area contributed by atoms with Gasteiger partial charge in [-0.2, -0.15) is 5.10 Å². The maximum atomic E-state index is 12.1. The molecule has 1 aromatic rings. The van der Waals surface area contributed by atoms with Crippen LogP contribution in [0.5, 0.6) is 0 Å². The fourth-order valence-corrected chi connectivity index (χ4v) is 2.29. The fourth-order valence-electron chi connectivity index (χ4n) is 1.86. The lowest BCUT2D eigenvalue weighted by Crippen LogP contribution is -2.32. The Morgan fingerprint density at radius 1 is 1.58 bits per heavy atom. The largest absolute Gasteiger partial charge is 0.394 e. The standard InChI is InChI=1S/C13H20BrN3O2/c1-8(2)11(7-18)16-10-5-15-17(6-9-3-4-9)13(19)12(10)14/h5,8-9,11,16,18H,3-4,6-7H2,1-2H3. The predicted octanol–water partition coefficient (Wildman–Crippen LogP) is 1.84. The summed E-state index contributed by atoms with van der Waals surface area (Å²) in [4.78, 5) is 12.1. The third-order valence-corrected chi connectivity index (χ3v) is 4.22. The van der Waals surface area contributed by atoms with Crippen molar-refractivity contribution < 1.29 is 5.11 Å². The highest BCUT2D eigenvalue weighted by molar-refractivity contribution is 9.10. The van der Waals surface area contributed by atoms with E-state index in [0.29, 0.717) is 22.6 Å². The molecule has 0 saturated heterocycles. The Kier molecular flexibility index (Phi) is 4.62. The number of nitrogens with zero attached hydrogens (tertiary/aromatic N) is 2. The minimum absolute atomic E-state index is 0.0231. The molecular weight excluding hydrogens is 310 g/mol. The number of aromatic nitrogens is 2. The monoisotopic (exact) mass is 329 g/mol. The average Bonchev–Trinajstić information content (AvgIpc) is 3.18. The third kappa shape index (κ3) is 3.57. The first-order valence-corrected chi connectivity index (χ1v) is 7.45. The molecule has 1 atom stereocenters. The van der Waals surface area contributed by atoms with E-state index in [2.05, 4.69) is 26.3 Å². The highest BCUT2D eigenvalue weighted by Gasteiger charge is 2.23. The average molecular weight is 330 g/mol. The second-order valence-corrected chi connectivity index (χ2v) is 6.27. The van der Waals surface area contributed by atoms with Gasteiger partial charge in [-0.3, -0.25) is 4.79 Å². The summed E-state index contributed by atoms with van der Waals surface area (Å²) in [6, 6.07) is -0.0863. The normalized spacial score (nSPS) is 16.7. The van der Waals surface area contributed by atoms with Gasteiger partial charge in [0.15, 0.2) is 0 Å². The second kappa shape index (κ2) is 6.05. The molecule has 106 valence electrons. The molecule has 0 aliphatic heterocycles. The van der Waals surface area contributed by atoms with Crippen molar-refractivity contribution in [2.75, 3.05) is 11.9 Å². The topological polar surface area (TPSA) is 67.2 Å². The molecule has 0 amide bonds. The van der Waals surface area contributed by atoms with Crippen LogP contribution >= 0.6 is 15.9 Å². The molecule has 1 fully saturated rings. The van der Waals surface area contributed by atoms with Crippen molar-refractivity contribution in [1.29, 1.82) is 0 Å². The van der Waals surface area contributed by atoms with Crippen LogP contribution in [0, 0.1) is 11.8 Å². The number of aliphatic hydroxyl groups is 1. The maximum Gasteiger partial charge on any atom is 0.283 e. The van der Waals surface area contributed by atoms with Gasteiger partial charge in [-0.1, -0.05) is 13.8 Å². The van der Waals surface area contributed by atoms with Crippen LogP contribution in [0.2, 0.25) is 0 Å². The van der Waals surface area contributed by atoms with Crippen LogP contribution in [0.15, 0.2) is 15.5 Å². The molecule has 19 heavy (non-hydrogen) atoms. The third-order valence-electron chi connectivity index (χ3n) is 3.46. The summed E-state index contributed by atoms with van der Waals surface area (Å²) < 4.78 is 2.00. The van der Waals surface area contributed by atoms with E-state index in [-0.39, 0.29) is 24.1 Å². The van der Waals surface area contributed by atoms with Crippen molar-refractivity contribution in [3.05, 3.63) is 21.0 Å². The summed E-state index contributed by atoms with van der Waals surface area (Å²) in [6.07, 6.45) is 4.02. The molecule has 2 N–H and O–H groups in total. The van der Waals surface area contributed by atoms with Crippen LogP contribution in [0.3, 0.4) is 0 Å². The molecule has 6 heteroatoms. The van der Waals surface area contributed by atoms with Gasteiger partial charge in [-0.15, -0.1) is 0 Å². The highest BCUT2D eigenvalue weighted by Crippen LogP contribution is 2.30. The summed E-state index contributed by atoms with van der Waals surface area (Å²) in [5, 5.41) is 16.7. The lowest BCUT2D eigenvalue weighted by atomic mass is 10.1. The van der Waals surface area contributed by atoms with E-state index in [1.54, 1.807) is 6.20 Å². The van der Waals surface area contributed by atoms with Crippen LogP contribution < -0.4 is 10.9 Å². The molecule has 1 unspecified atom stereocenters. The summed E-state index contributed by atoms with van der Waals surface area (Å²) >= 11 is 3.33. The van der Waals surface area contributed by atoms with Crippen LogP contribution in [-0.4, -0.2) is 27.5 Å². The van der Waals surface area contributed by atoms with Crippen molar-refractivity contribution in [1.82, 2.24) is 9.78 Å². The van der Waals surface area contributed by atoms with Gasteiger partial charge >= 0.3 is 0 Å². The van der Waals surface area contributed by atoms with Gasteiger partial charge in [-0.25, -0.2) is 4.68 Å². The number of anilines is 1. The van der Waals surface area contributed by atoms with Crippen LogP contribution in [0.4, 0.5) is 5.69 Å². The smallest absolute Gasteiger partial charge is 0.283 e. The van der Waals surface area contributed by atoms with E-state index in [0.717, 1.165) is 0 Å². The van der Waals surface area contributed by atoms with Crippen molar-refractivity contribution in [3.63, 3.8) is 0 Å². The predicted molar refractivity (Wildman–Crippen MR) is 78.3 cm³/mol. The zero-order chi connectivity index (χ0) is 14.0. The van der Waals surface area contributed by atoms with E-state index in [1.165, 1.54) is 17.5 Å². The number of rotatable bonds is 6. The Bertz CT molecular complexity index is 497. The van der Waals surface area contributed by atoms with E-state index in [4.69, 9.17) is 0 Å². The molecule has 0 radical (unpaired) electrons. The molecule has 1 heterocycles. The van der Waals surface area contributed by atoms with Crippen LogP contribution in [0.1, 0.15) is 26.7 Å². The van der Waals surface area contributed by atoms with Crippen molar-refractivity contribution in [2.24, 2.45) is 11.8 Å². The zero-order valence-corrected chi connectivity index (χ0v) is 12.9. The van der Waals surface area contributed by atoms with Crippen LogP contribution in [-0.2, 0) is 6.54 Å². The van der Waals surface area contributed by atoms with Crippen molar-refractivity contribution in [3.8, 4) is 0 Å². The highest BCUT2D eigenvalue weighted by atomic mass is 79.9.